The van der Waals surface area contributed by atoms with Crippen LogP contribution in [0.5, 0.6) is 0 Å². The number of carbonyl (C=O) groups excluding carboxylic acids is 2. The highest BCUT2D eigenvalue weighted by atomic mass is 16.7. The van der Waals surface area contributed by atoms with E-state index in [0.29, 0.717) is 23.9 Å². The van der Waals surface area contributed by atoms with Crippen molar-refractivity contribution in [3.63, 3.8) is 0 Å². The third kappa shape index (κ3) is 54.8. The smallest absolute Gasteiger partial charge is 0.361 e. The van der Waals surface area contributed by atoms with Crippen LogP contribution in [0.4, 0.5) is 0 Å². The van der Waals surface area contributed by atoms with E-state index in [4.69, 9.17) is 18.9 Å². The Hall–Kier alpha value is -4.83. The number of carbonyl (C=O) groups is 3. The monoisotopic (exact) mass is 1010 g/mol. The van der Waals surface area contributed by atoms with Crippen LogP contribution in [0, 0.1) is 0 Å². The van der Waals surface area contributed by atoms with Crippen LogP contribution in [0.1, 0.15) is 181 Å². The van der Waals surface area contributed by atoms with E-state index < -0.39 is 24.3 Å². The number of hydrogen-bond donors (Lipinski definition) is 1. The lowest BCUT2D eigenvalue weighted by atomic mass is 10.1. The summed E-state index contributed by atoms with van der Waals surface area (Å²) in [5.41, 5.74) is 0. The molecule has 0 saturated carbocycles. The van der Waals surface area contributed by atoms with Gasteiger partial charge >= 0.3 is 17.9 Å². The number of carboxylic acids is 1. The molecular weight excluding hydrogens is 911 g/mol. The van der Waals surface area contributed by atoms with Crippen molar-refractivity contribution < 1.29 is 42.9 Å². The van der Waals surface area contributed by atoms with Gasteiger partial charge in [-0.15, -0.1) is 0 Å². The molecule has 1 N–H and O–H groups in total. The van der Waals surface area contributed by atoms with E-state index in [1.165, 1.54) is 0 Å². The molecule has 73 heavy (non-hydrogen) atoms. The molecule has 0 rings (SSSR count). The van der Waals surface area contributed by atoms with E-state index in [9.17, 15) is 19.5 Å². The SMILES string of the molecule is CC/C=C\C/C=C\C/C=C\C/C=C\C/C=C\C/C=C\CCCCCCCCC(=O)OC(COC(=O)CCCCCC/C=C\C/C=C\C/C=C\C/C=C\C/C=C\C/C=C\CC)COC(OCC[N+](C)(C)C)C(=O)O. The summed E-state index contributed by atoms with van der Waals surface area (Å²) in [6, 6.07) is 0. The van der Waals surface area contributed by atoms with Crippen LogP contribution in [0.2, 0.25) is 0 Å². The number of nitrogens with zero attached hydrogens (tertiary/aromatic N) is 1. The maximum Gasteiger partial charge on any atom is 0.361 e. The zero-order valence-corrected chi connectivity index (χ0v) is 46.5. The van der Waals surface area contributed by atoms with Crippen molar-refractivity contribution in [2.24, 2.45) is 0 Å². The fourth-order valence-corrected chi connectivity index (χ4v) is 6.84. The molecule has 0 aliphatic heterocycles. The first-order chi connectivity index (χ1) is 35.6. The first-order valence-electron chi connectivity index (χ1n) is 28.0. The second-order valence-electron chi connectivity index (χ2n) is 19.1. The molecule has 0 radical (unpaired) electrons. The number of hydrogen-bond acceptors (Lipinski definition) is 7. The summed E-state index contributed by atoms with van der Waals surface area (Å²) in [6.07, 6.45) is 74.8. The van der Waals surface area contributed by atoms with Gasteiger partial charge in [0.25, 0.3) is 6.29 Å². The minimum atomic E-state index is -1.53. The summed E-state index contributed by atoms with van der Waals surface area (Å²) < 4.78 is 22.8. The molecule has 0 amide bonds. The lowest BCUT2D eigenvalue weighted by Gasteiger charge is -2.25. The number of unbranched alkanes of at least 4 members (excludes halogenated alkanes) is 10. The quantitative estimate of drug-likeness (QED) is 0.0211. The number of carboxylic acid groups (broad SMARTS) is 1. The highest BCUT2D eigenvalue weighted by molar-refractivity contribution is 5.71. The van der Waals surface area contributed by atoms with Crippen molar-refractivity contribution in [2.75, 3.05) is 47.5 Å². The molecular formula is C64H102NO8+. The molecule has 9 heteroatoms. The van der Waals surface area contributed by atoms with Crippen molar-refractivity contribution >= 4 is 17.9 Å². The third-order valence-corrected chi connectivity index (χ3v) is 11.1. The average Bonchev–Trinajstić information content (AvgIpc) is 3.36. The van der Waals surface area contributed by atoms with Crippen molar-refractivity contribution in [1.82, 2.24) is 0 Å². The van der Waals surface area contributed by atoms with Crippen LogP contribution in [-0.2, 0) is 33.3 Å². The first kappa shape index (κ1) is 68.2. The summed E-state index contributed by atoms with van der Waals surface area (Å²) in [7, 11) is 5.94. The van der Waals surface area contributed by atoms with Gasteiger partial charge in [0.2, 0.25) is 0 Å². The zero-order valence-electron chi connectivity index (χ0n) is 46.5. The maximum atomic E-state index is 12.9. The van der Waals surface area contributed by atoms with Gasteiger partial charge in [0.15, 0.2) is 6.10 Å². The number of aliphatic carboxylic acids is 1. The standard InChI is InChI=1S/C64H101NO8/c1-6-8-10-12-14-16-18-20-22-24-26-28-30-31-33-35-37-39-41-43-45-47-49-51-53-55-62(67)73-60(59-72-64(63(68)69)70-57-56-65(3,4)5)58-71-61(66)54-52-50-48-46-44-42-40-38-36-34-32-29-27-25-23-21-19-17-15-13-11-9-7-2/h8-11,14-17,20-23,26-29,31,33-34,36-37,39-40,42,60,64H,6-7,12-13,18-19,24-25,30,32,35,38,41,43-59H2,1-5H3/p+1/b10-8-,11-9-,16-14-,17-15-,22-20-,23-21-,28-26-,29-27-,33-31-,36-34-,39-37-,42-40-. The van der Waals surface area contributed by atoms with Gasteiger partial charge in [-0.1, -0.05) is 198 Å². The number of rotatable bonds is 49. The number of likely N-dealkylation sites (N-methyl/N-ethyl adjacent to an activating group) is 1. The van der Waals surface area contributed by atoms with Crippen LogP contribution >= 0.6 is 0 Å². The van der Waals surface area contributed by atoms with Crippen LogP contribution in [0.3, 0.4) is 0 Å². The predicted octanol–water partition coefficient (Wildman–Crippen LogP) is 16.4. The Labute approximate surface area is 445 Å². The molecule has 0 saturated heterocycles. The summed E-state index contributed by atoms with van der Waals surface area (Å²) in [5, 5.41) is 9.70. The van der Waals surface area contributed by atoms with E-state index in [0.717, 1.165) is 141 Å². The zero-order chi connectivity index (χ0) is 53.4. The van der Waals surface area contributed by atoms with Crippen LogP contribution < -0.4 is 0 Å². The van der Waals surface area contributed by atoms with Crippen molar-refractivity contribution in [3.8, 4) is 0 Å². The van der Waals surface area contributed by atoms with Crippen molar-refractivity contribution in [3.05, 3.63) is 146 Å². The normalized spacial score (nSPS) is 13.9. The van der Waals surface area contributed by atoms with Gasteiger partial charge in [0.1, 0.15) is 13.2 Å². The number of quaternary nitrogens is 1. The minimum Gasteiger partial charge on any atom is -0.477 e. The second kappa shape index (κ2) is 53.5. The minimum absolute atomic E-state index is 0.170. The Morgan fingerprint density at radius 3 is 1.10 bits per heavy atom. The van der Waals surface area contributed by atoms with Gasteiger partial charge in [0, 0.05) is 12.8 Å². The lowest BCUT2D eigenvalue weighted by Crippen LogP contribution is -2.40. The molecule has 2 unspecified atom stereocenters. The van der Waals surface area contributed by atoms with Gasteiger partial charge in [-0.2, -0.15) is 0 Å². The van der Waals surface area contributed by atoms with Gasteiger partial charge in [0.05, 0.1) is 34.4 Å². The average molecular weight is 1010 g/mol. The molecule has 0 aromatic carbocycles. The largest absolute Gasteiger partial charge is 0.477 e. The summed E-state index contributed by atoms with van der Waals surface area (Å²) in [6.45, 7) is 4.57. The molecule has 0 fully saturated rings. The van der Waals surface area contributed by atoms with Crippen LogP contribution in [0.15, 0.2) is 146 Å². The van der Waals surface area contributed by atoms with Gasteiger partial charge in [-0.25, -0.2) is 4.79 Å². The van der Waals surface area contributed by atoms with Crippen molar-refractivity contribution in [1.29, 1.82) is 0 Å². The predicted molar refractivity (Wildman–Crippen MR) is 308 cm³/mol. The molecule has 0 aliphatic rings. The molecule has 0 aliphatic carbocycles. The molecule has 0 aromatic rings. The third-order valence-electron chi connectivity index (χ3n) is 11.1. The number of allylic oxidation sites excluding steroid dienone is 24. The number of esters is 2. The Balaban J connectivity index is 4.42. The van der Waals surface area contributed by atoms with E-state index in [-0.39, 0.29) is 38.6 Å². The van der Waals surface area contributed by atoms with Crippen LogP contribution in [-0.4, -0.2) is 87.4 Å². The Kier molecular flexibility index (Phi) is 49.9. The van der Waals surface area contributed by atoms with Crippen LogP contribution in [0.25, 0.3) is 0 Å². The Morgan fingerprint density at radius 1 is 0.411 bits per heavy atom. The molecule has 2 atom stereocenters. The van der Waals surface area contributed by atoms with E-state index >= 15 is 0 Å². The fraction of sp³-hybridized carbons (Fsp3) is 0.578. The summed E-state index contributed by atoms with van der Waals surface area (Å²) in [4.78, 5) is 37.4. The molecule has 0 heterocycles. The van der Waals surface area contributed by atoms with Gasteiger partial charge in [-0.05, 0) is 116 Å². The van der Waals surface area contributed by atoms with E-state index in [2.05, 4.69) is 160 Å². The topological polar surface area (TPSA) is 108 Å². The molecule has 9 nitrogen and oxygen atoms in total. The van der Waals surface area contributed by atoms with Gasteiger partial charge < -0.3 is 28.5 Å². The maximum absolute atomic E-state index is 12.9. The lowest BCUT2D eigenvalue weighted by molar-refractivity contribution is -0.870. The highest BCUT2D eigenvalue weighted by Crippen LogP contribution is 2.13. The second-order valence-corrected chi connectivity index (χ2v) is 19.1. The first-order valence-corrected chi connectivity index (χ1v) is 28.0. The van der Waals surface area contributed by atoms with E-state index in [1.54, 1.807) is 0 Å². The van der Waals surface area contributed by atoms with Crippen molar-refractivity contribution in [2.45, 2.75) is 193 Å². The molecule has 0 spiro atoms. The molecule has 410 valence electrons. The highest BCUT2D eigenvalue weighted by Gasteiger charge is 2.25. The van der Waals surface area contributed by atoms with E-state index in [1.807, 2.05) is 21.1 Å². The molecule has 0 aromatic heterocycles. The Morgan fingerprint density at radius 2 is 0.740 bits per heavy atom. The Bertz CT molecular complexity index is 1700. The molecule has 0 bridgehead atoms. The summed E-state index contributed by atoms with van der Waals surface area (Å²) >= 11 is 0. The number of ether oxygens (including phenoxy) is 4. The fourth-order valence-electron chi connectivity index (χ4n) is 6.84. The summed E-state index contributed by atoms with van der Waals surface area (Å²) in [5.74, 6) is -2.08. The van der Waals surface area contributed by atoms with Gasteiger partial charge in [-0.3, -0.25) is 9.59 Å².